The van der Waals surface area contributed by atoms with E-state index in [4.69, 9.17) is 16.3 Å². The van der Waals surface area contributed by atoms with Crippen LogP contribution < -0.4 is 5.32 Å². The molecule has 2 rings (SSSR count). The van der Waals surface area contributed by atoms with E-state index in [-0.39, 0.29) is 12.5 Å². The van der Waals surface area contributed by atoms with E-state index in [0.29, 0.717) is 17.0 Å². The number of ether oxygens (including phenoxy) is 1. The molecule has 0 spiro atoms. The first kappa shape index (κ1) is 20.3. The fourth-order valence-corrected chi connectivity index (χ4v) is 3.12. The van der Waals surface area contributed by atoms with Crippen molar-refractivity contribution in [3.63, 3.8) is 0 Å². The van der Waals surface area contributed by atoms with Crippen molar-refractivity contribution < 1.29 is 14.3 Å². The molecule has 1 unspecified atom stereocenters. The van der Waals surface area contributed by atoms with Gasteiger partial charge in [0.1, 0.15) is 12.6 Å². The number of nitrogens with one attached hydrogen (secondary N) is 1. The Balaban J connectivity index is 2.02. The molecule has 6 heteroatoms. The SMILES string of the molecule is CSCCC(NC(=O)c1ccccc1Cl)C(=O)OCc1cccc(C)c1. The molecule has 4 nitrogen and oxygen atoms in total. The average Bonchev–Trinajstić information content (AvgIpc) is 2.63. The van der Waals surface area contributed by atoms with Gasteiger partial charge in [0.25, 0.3) is 5.91 Å². The van der Waals surface area contributed by atoms with Crippen molar-refractivity contribution in [2.45, 2.75) is 26.0 Å². The Bertz CT molecular complexity index is 766. The summed E-state index contributed by atoms with van der Waals surface area (Å²) in [5.74, 6) is -0.0947. The molecule has 0 aliphatic carbocycles. The lowest BCUT2D eigenvalue weighted by Crippen LogP contribution is -2.42. The maximum absolute atomic E-state index is 12.5. The number of halogens is 1. The molecule has 1 atom stereocenters. The van der Waals surface area contributed by atoms with E-state index < -0.39 is 12.0 Å². The van der Waals surface area contributed by atoms with Crippen LogP contribution in [0, 0.1) is 6.92 Å². The minimum Gasteiger partial charge on any atom is -0.459 e. The van der Waals surface area contributed by atoms with Gasteiger partial charge in [-0.1, -0.05) is 53.6 Å². The summed E-state index contributed by atoms with van der Waals surface area (Å²) in [4.78, 5) is 24.9. The van der Waals surface area contributed by atoms with E-state index >= 15 is 0 Å². The molecule has 0 heterocycles. The third-order valence-electron chi connectivity index (χ3n) is 3.78. The molecule has 0 fully saturated rings. The highest BCUT2D eigenvalue weighted by Crippen LogP contribution is 2.15. The monoisotopic (exact) mass is 391 g/mol. The van der Waals surface area contributed by atoms with Gasteiger partial charge in [0.05, 0.1) is 10.6 Å². The molecular formula is C20H22ClNO3S. The molecule has 2 aromatic rings. The topological polar surface area (TPSA) is 55.4 Å². The zero-order valence-electron chi connectivity index (χ0n) is 14.8. The van der Waals surface area contributed by atoms with Crippen LogP contribution in [0.4, 0.5) is 0 Å². The Morgan fingerprint density at radius 2 is 1.96 bits per heavy atom. The van der Waals surface area contributed by atoms with Gasteiger partial charge in [-0.15, -0.1) is 0 Å². The zero-order valence-corrected chi connectivity index (χ0v) is 16.4. The highest BCUT2D eigenvalue weighted by molar-refractivity contribution is 7.98. The maximum Gasteiger partial charge on any atom is 0.329 e. The first-order chi connectivity index (χ1) is 12.5. The highest BCUT2D eigenvalue weighted by Gasteiger charge is 2.23. The summed E-state index contributed by atoms with van der Waals surface area (Å²) >= 11 is 7.67. The number of esters is 1. The summed E-state index contributed by atoms with van der Waals surface area (Å²) in [6.07, 6.45) is 2.44. The molecule has 0 saturated heterocycles. The van der Waals surface area contributed by atoms with Crippen molar-refractivity contribution in [2.75, 3.05) is 12.0 Å². The van der Waals surface area contributed by atoms with Crippen molar-refractivity contribution in [3.05, 3.63) is 70.2 Å². The summed E-state index contributed by atoms with van der Waals surface area (Å²) in [6, 6.07) is 13.8. The number of amides is 1. The fraction of sp³-hybridized carbons (Fsp3) is 0.300. The van der Waals surface area contributed by atoms with Crippen LogP contribution >= 0.6 is 23.4 Å². The number of hydrogen-bond donors (Lipinski definition) is 1. The minimum atomic E-state index is -0.712. The second kappa shape index (κ2) is 10.2. The van der Waals surface area contributed by atoms with E-state index in [1.165, 1.54) is 0 Å². The molecule has 0 saturated carbocycles. The van der Waals surface area contributed by atoms with Crippen LogP contribution in [0.1, 0.15) is 27.9 Å². The van der Waals surface area contributed by atoms with Crippen molar-refractivity contribution in [2.24, 2.45) is 0 Å². The number of aryl methyl sites for hydroxylation is 1. The molecule has 138 valence electrons. The maximum atomic E-state index is 12.5. The zero-order chi connectivity index (χ0) is 18.9. The van der Waals surface area contributed by atoms with Gasteiger partial charge in [-0.05, 0) is 43.0 Å². The molecule has 0 aliphatic rings. The molecule has 0 aliphatic heterocycles. The standard InChI is InChI=1S/C20H22ClNO3S/c1-14-6-5-7-15(12-14)13-25-20(24)18(10-11-26-2)22-19(23)16-8-3-4-9-17(16)21/h3-9,12,18H,10-11,13H2,1-2H3,(H,22,23). The lowest BCUT2D eigenvalue weighted by atomic mass is 10.1. The number of carbonyl (C=O) groups is 2. The molecule has 1 amide bonds. The van der Waals surface area contributed by atoms with Crippen molar-refractivity contribution in [3.8, 4) is 0 Å². The summed E-state index contributed by atoms with van der Waals surface area (Å²) in [6.45, 7) is 2.16. The Labute approximate surface area is 163 Å². The van der Waals surface area contributed by atoms with Crippen molar-refractivity contribution in [1.29, 1.82) is 0 Å². The van der Waals surface area contributed by atoms with Crippen LogP contribution in [0.3, 0.4) is 0 Å². The minimum absolute atomic E-state index is 0.179. The van der Waals surface area contributed by atoms with E-state index in [1.807, 2.05) is 37.4 Å². The van der Waals surface area contributed by atoms with Gasteiger partial charge < -0.3 is 10.1 Å². The van der Waals surface area contributed by atoms with Gasteiger partial charge in [-0.2, -0.15) is 11.8 Å². The summed E-state index contributed by atoms with van der Waals surface area (Å²) in [5, 5.41) is 3.09. The number of rotatable bonds is 8. The van der Waals surface area contributed by atoms with Crippen molar-refractivity contribution >= 4 is 35.2 Å². The van der Waals surface area contributed by atoms with Crippen LogP contribution in [-0.4, -0.2) is 29.9 Å². The molecule has 0 radical (unpaired) electrons. The summed E-state index contributed by atoms with van der Waals surface area (Å²) in [5.41, 5.74) is 2.36. The van der Waals surface area contributed by atoms with E-state index in [9.17, 15) is 9.59 Å². The number of benzene rings is 2. The molecule has 1 N–H and O–H groups in total. The predicted octanol–water partition coefficient (Wildman–Crippen LogP) is 4.24. The second-order valence-corrected chi connectivity index (χ2v) is 7.28. The molecule has 0 aromatic heterocycles. The Hall–Kier alpha value is -1.98. The van der Waals surface area contributed by atoms with E-state index in [2.05, 4.69) is 5.32 Å². The van der Waals surface area contributed by atoms with Crippen LogP contribution in [0.15, 0.2) is 48.5 Å². The van der Waals surface area contributed by atoms with Gasteiger partial charge in [0.15, 0.2) is 0 Å². The van der Waals surface area contributed by atoms with E-state index in [1.54, 1.807) is 36.0 Å². The molecule has 0 bridgehead atoms. The fourth-order valence-electron chi connectivity index (χ4n) is 2.42. The van der Waals surface area contributed by atoms with Gasteiger partial charge in [-0.3, -0.25) is 4.79 Å². The Morgan fingerprint density at radius 1 is 1.19 bits per heavy atom. The van der Waals surface area contributed by atoms with Crippen LogP contribution in [0.2, 0.25) is 5.02 Å². The number of thioether (sulfide) groups is 1. The first-order valence-electron chi connectivity index (χ1n) is 8.27. The largest absolute Gasteiger partial charge is 0.459 e. The quantitative estimate of drug-likeness (QED) is 0.683. The second-order valence-electron chi connectivity index (χ2n) is 5.88. The highest BCUT2D eigenvalue weighted by atomic mass is 35.5. The van der Waals surface area contributed by atoms with Gasteiger partial charge in [-0.25, -0.2) is 4.79 Å². The molecule has 26 heavy (non-hydrogen) atoms. The van der Waals surface area contributed by atoms with Gasteiger partial charge in [0.2, 0.25) is 0 Å². The number of carbonyl (C=O) groups excluding carboxylic acids is 2. The summed E-state index contributed by atoms with van der Waals surface area (Å²) < 4.78 is 5.41. The predicted molar refractivity (Wildman–Crippen MR) is 107 cm³/mol. The van der Waals surface area contributed by atoms with Crippen molar-refractivity contribution in [1.82, 2.24) is 5.32 Å². The third-order valence-corrected chi connectivity index (χ3v) is 4.76. The third kappa shape index (κ3) is 6.07. The smallest absolute Gasteiger partial charge is 0.329 e. The Kier molecular flexibility index (Phi) is 8.01. The Morgan fingerprint density at radius 3 is 2.65 bits per heavy atom. The van der Waals surface area contributed by atoms with Crippen LogP contribution in [0.5, 0.6) is 0 Å². The molecular weight excluding hydrogens is 370 g/mol. The van der Waals surface area contributed by atoms with E-state index in [0.717, 1.165) is 16.9 Å². The normalized spacial score (nSPS) is 11.7. The van der Waals surface area contributed by atoms with Crippen LogP contribution in [-0.2, 0) is 16.1 Å². The lowest BCUT2D eigenvalue weighted by molar-refractivity contribution is -0.147. The first-order valence-corrected chi connectivity index (χ1v) is 10.0. The van der Waals surface area contributed by atoms with Gasteiger partial charge in [0, 0.05) is 0 Å². The average molecular weight is 392 g/mol. The van der Waals surface area contributed by atoms with Crippen LogP contribution in [0.25, 0.3) is 0 Å². The lowest BCUT2D eigenvalue weighted by Gasteiger charge is -2.18. The summed E-state index contributed by atoms with van der Waals surface area (Å²) in [7, 11) is 0. The molecule has 2 aromatic carbocycles. The number of hydrogen-bond acceptors (Lipinski definition) is 4. The van der Waals surface area contributed by atoms with Gasteiger partial charge >= 0.3 is 5.97 Å².